The number of likely N-dealkylation sites (tertiary alicyclic amines) is 1. The number of carbonyl (C=O) groups is 1. The summed E-state index contributed by atoms with van der Waals surface area (Å²) in [5.41, 5.74) is 3.63. The van der Waals surface area contributed by atoms with E-state index < -0.39 is 11.4 Å². The van der Waals surface area contributed by atoms with Gasteiger partial charge in [-0.1, -0.05) is 72.0 Å². The van der Waals surface area contributed by atoms with E-state index in [9.17, 15) is 4.79 Å². The van der Waals surface area contributed by atoms with Gasteiger partial charge in [-0.25, -0.2) is 14.4 Å². The van der Waals surface area contributed by atoms with E-state index >= 15 is 4.39 Å². The molecular formula is C28H22FN3O2S. The van der Waals surface area contributed by atoms with Crippen LogP contribution in [0.1, 0.15) is 16.8 Å². The Labute approximate surface area is 205 Å². The van der Waals surface area contributed by atoms with Gasteiger partial charge in [-0.05, 0) is 35.4 Å². The molecule has 174 valence electrons. The van der Waals surface area contributed by atoms with Crippen LogP contribution in [0.3, 0.4) is 0 Å². The molecule has 0 saturated carbocycles. The fourth-order valence-electron chi connectivity index (χ4n) is 4.80. The Bertz CT molecular complexity index is 1480. The van der Waals surface area contributed by atoms with Gasteiger partial charge in [-0.3, -0.25) is 9.69 Å². The van der Waals surface area contributed by atoms with Crippen molar-refractivity contribution in [3.05, 3.63) is 108 Å². The number of fused-ring (bicyclic) bond motifs is 1. The van der Waals surface area contributed by atoms with Gasteiger partial charge in [0.05, 0.1) is 17.0 Å². The predicted octanol–water partition coefficient (Wildman–Crippen LogP) is 5.43. The molecule has 0 radical (unpaired) electrons. The highest BCUT2D eigenvalue weighted by molar-refractivity contribution is 7.21. The van der Waals surface area contributed by atoms with Crippen molar-refractivity contribution in [2.75, 3.05) is 13.1 Å². The van der Waals surface area contributed by atoms with Crippen molar-refractivity contribution in [2.24, 2.45) is 5.92 Å². The van der Waals surface area contributed by atoms with Crippen LogP contribution in [-0.2, 0) is 16.8 Å². The van der Waals surface area contributed by atoms with Crippen molar-refractivity contribution < 1.29 is 14.3 Å². The van der Waals surface area contributed by atoms with Gasteiger partial charge in [0.1, 0.15) is 21.2 Å². The number of carboxylic acids is 1. The lowest BCUT2D eigenvalue weighted by atomic mass is 9.78. The zero-order chi connectivity index (χ0) is 24.0. The first-order valence-electron chi connectivity index (χ1n) is 11.5. The van der Waals surface area contributed by atoms with Gasteiger partial charge < -0.3 is 5.11 Å². The molecule has 0 amide bonds. The van der Waals surface area contributed by atoms with Crippen LogP contribution in [0.25, 0.3) is 20.9 Å². The second-order valence-electron chi connectivity index (χ2n) is 9.04. The Balaban J connectivity index is 1.28. The third-order valence-corrected chi connectivity index (χ3v) is 7.73. The molecule has 0 unspecified atom stereocenters. The highest BCUT2D eigenvalue weighted by Crippen LogP contribution is 2.39. The maximum atomic E-state index is 15.1. The summed E-state index contributed by atoms with van der Waals surface area (Å²) in [7, 11) is 0. The standard InChI is InChI=1S/C28H22FN3O2S/c29-22-14-18(15-32-16-19(17-32)27(33)34)8-9-21(22)25-30-23-10-11-24(31-26(23)35-25)28(12-4-5-13-28)20-6-2-1-3-7-20/h1-14,19H,15-17H2,(H,33,34). The van der Waals surface area contributed by atoms with Crippen LogP contribution >= 0.6 is 11.3 Å². The Morgan fingerprint density at radius 2 is 1.83 bits per heavy atom. The molecular weight excluding hydrogens is 461 g/mol. The Morgan fingerprint density at radius 1 is 1.06 bits per heavy atom. The van der Waals surface area contributed by atoms with Gasteiger partial charge in [0, 0.05) is 25.2 Å². The Kier molecular flexibility index (Phi) is 5.31. The third kappa shape index (κ3) is 3.87. The lowest BCUT2D eigenvalue weighted by Crippen LogP contribution is -2.49. The normalized spacial score (nSPS) is 17.2. The number of thiazole rings is 1. The van der Waals surface area contributed by atoms with Crippen molar-refractivity contribution >= 4 is 27.7 Å². The van der Waals surface area contributed by atoms with Crippen molar-refractivity contribution in [1.29, 1.82) is 0 Å². The molecule has 0 bridgehead atoms. The average Bonchev–Trinajstić information content (AvgIpc) is 3.49. The van der Waals surface area contributed by atoms with Gasteiger partial charge >= 0.3 is 5.97 Å². The van der Waals surface area contributed by atoms with Gasteiger partial charge in [-0.2, -0.15) is 0 Å². The quantitative estimate of drug-likeness (QED) is 0.396. The van der Waals surface area contributed by atoms with E-state index in [1.807, 2.05) is 53.5 Å². The number of carboxylic acid groups (broad SMARTS) is 1. The molecule has 1 saturated heterocycles. The predicted molar refractivity (Wildman–Crippen MR) is 135 cm³/mol. The molecule has 0 spiro atoms. The molecule has 6 rings (SSSR count). The number of hydrogen-bond donors (Lipinski definition) is 1. The molecule has 3 heterocycles. The van der Waals surface area contributed by atoms with Crippen LogP contribution in [0.15, 0.2) is 85.0 Å². The molecule has 0 atom stereocenters. The Hall–Kier alpha value is -3.68. The molecule has 35 heavy (non-hydrogen) atoms. The van der Waals surface area contributed by atoms with Gasteiger partial charge in [0.15, 0.2) is 0 Å². The summed E-state index contributed by atoms with van der Waals surface area (Å²) in [5, 5.41) is 9.62. The number of halogens is 1. The van der Waals surface area contributed by atoms with Gasteiger partial charge in [0.25, 0.3) is 0 Å². The minimum atomic E-state index is -0.773. The van der Waals surface area contributed by atoms with E-state index in [-0.39, 0.29) is 11.7 Å². The molecule has 1 aliphatic heterocycles. The van der Waals surface area contributed by atoms with Crippen LogP contribution in [-0.4, -0.2) is 39.0 Å². The molecule has 1 N–H and O–H groups in total. The van der Waals surface area contributed by atoms with Gasteiger partial charge in [-0.15, -0.1) is 0 Å². The minimum absolute atomic E-state index is 0.324. The molecule has 4 aromatic rings. The number of nitrogens with zero attached hydrogens (tertiary/aromatic N) is 3. The van der Waals surface area contributed by atoms with E-state index in [1.54, 1.807) is 6.07 Å². The lowest BCUT2D eigenvalue weighted by Gasteiger charge is -2.36. The lowest BCUT2D eigenvalue weighted by molar-refractivity contribution is -0.147. The third-order valence-electron chi connectivity index (χ3n) is 6.74. The van der Waals surface area contributed by atoms with Crippen molar-refractivity contribution in [3.63, 3.8) is 0 Å². The minimum Gasteiger partial charge on any atom is -0.481 e. The van der Waals surface area contributed by atoms with E-state index in [2.05, 4.69) is 29.3 Å². The summed E-state index contributed by atoms with van der Waals surface area (Å²) in [6, 6.07) is 19.4. The number of allylic oxidation sites excluding steroid dienone is 4. The van der Waals surface area contributed by atoms with Crippen LogP contribution in [0, 0.1) is 11.7 Å². The molecule has 5 nitrogen and oxygen atoms in total. The number of benzene rings is 2. The average molecular weight is 484 g/mol. The zero-order valence-electron chi connectivity index (χ0n) is 18.8. The number of pyridine rings is 1. The van der Waals surface area contributed by atoms with E-state index in [1.165, 1.54) is 17.4 Å². The van der Waals surface area contributed by atoms with Crippen LogP contribution < -0.4 is 0 Å². The number of aliphatic carboxylic acids is 1. The summed E-state index contributed by atoms with van der Waals surface area (Å²) in [5.74, 6) is -1.43. The van der Waals surface area contributed by atoms with Crippen molar-refractivity contribution in [2.45, 2.75) is 12.0 Å². The van der Waals surface area contributed by atoms with E-state index in [0.29, 0.717) is 30.2 Å². The van der Waals surface area contributed by atoms with Crippen LogP contribution in [0.5, 0.6) is 0 Å². The highest BCUT2D eigenvalue weighted by Gasteiger charge is 2.33. The first-order valence-corrected chi connectivity index (χ1v) is 12.3. The van der Waals surface area contributed by atoms with Crippen LogP contribution in [0.2, 0.25) is 0 Å². The molecule has 1 aliphatic carbocycles. The number of rotatable bonds is 6. The molecule has 2 aromatic heterocycles. The first kappa shape index (κ1) is 21.8. The highest BCUT2D eigenvalue weighted by atomic mass is 32.1. The molecule has 2 aliphatic rings. The molecule has 2 aromatic carbocycles. The maximum absolute atomic E-state index is 15.1. The Morgan fingerprint density at radius 3 is 2.54 bits per heavy atom. The molecule has 1 fully saturated rings. The zero-order valence-corrected chi connectivity index (χ0v) is 19.6. The summed E-state index contributed by atoms with van der Waals surface area (Å²) in [6.45, 7) is 1.53. The van der Waals surface area contributed by atoms with E-state index in [0.717, 1.165) is 27.2 Å². The summed E-state index contributed by atoms with van der Waals surface area (Å²) in [6.07, 6.45) is 8.37. The largest absolute Gasteiger partial charge is 0.481 e. The summed E-state index contributed by atoms with van der Waals surface area (Å²) < 4.78 is 15.1. The number of aromatic nitrogens is 2. The smallest absolute Gasteiger partial charge is 0.309 e. The SMILES string of the molecule is O=C(O)C1CN(Cc2ccc(-c3nc4ccc(C5(c6ccccc6)C=CC=C5)nc4s3)c(F)c2)C1. The fraction of sp³-hybridized carbons (Fsp3) is 0.179. The van der Waals surface area contributed by atoms with E-state index in [4.69, 9.17) is 10.1 Å². The second-order valence-corrected chi connectivity index (χ2v) is 10.0. The second kappa shape index (κ2) is 8.52. The summed E-state index contributed by atoms with van der Waals surface area (Å²) >= 11 is 1.38. The van der Waals surface area contributed by atoms with Crippen molar-refractivity contribution in [3.8, 4) is 10.6 Å². The van der Waals surface area contributed by atoms with Crippen molar-refractivity contribution in [1.82, 2.24) is 14.9 Å². The fourth-order valence-corrected chi connectivity index (χ4v) is 5.77. The number of hydrogen-bond acceptors (Lipinski definition) is 5. The molecule has 7 heteroatoms. The topological polar surface area (TPSA) is 66.3 Å². The monoisotopic (exact) mass is 483 g/mol. The first-order chi connectivity index (χ1) is 17.0. The summed E-state index contributed by atoms with van der Waals surface area (Å²) in [4.78, 5) is 23.4. The van der Waals surface area contributed by atoms with Gasteiger partial charge in [0.2, 0.25) is 0 Å². The maximum Gasteiger partial charge on any atom is 0.309 e. The van der Waals surface area contributed by atoms with Crippen LogP contribution in [0.4, 0.5) is 4.39 Å².